The summed E-state index contributed by atoms with van der Waals surface area (Å²) in [5.41, 5.74) is 5.88. The van der Waals surface area contributed by atoms with Crippen LogP contribution in [-0.2, 0) is 0 Å². The molecule has 88 valence electrons. The molecule has 0 saturated carbocycles. The number of amides is 1. The van der Waals surface area contributed by atoms with Gasteiger partial charge in [-0.3, -0.25) is 9.59 Å². The summed E-state index contributed by atoms with van der Waals surface area (Å²) in [6, 6.07) is 2.93. The van der Waals surface area contributed by atoms with Gasteiger partial charge in [-0.15, -0.1) is 0 Å². The van der Waals surface area contributed by atoms with Crippen molar-refractivity contribution in [3.05, 3.63) is 34.2 Å². The summed E-state index contributed by atoms with van der Waals surface area (Å²) >= 11 is 0. The Morgan fingerprint density at radius 3 is 2.75 bits per heavy atom. The molecule has 0 spiro atoms. The van der Waals surface area contributed by atoms with Crippen LogP contribution < -0.4 is 11.3 Å². The second-order valence-electron chi connectivity index (χ2n) is 3.93. The van der Waals surface area contributed by atoms with E-state index in [1.54, 1.807) is 11.9 Å². The Hall–Kier alpha value is -1.62. The number of H-pyrrole nitrogens is 1. The van der Waals surface area contributed by atoms with Gasteiger partial charge in [-0.1, -0.05) is 0 Å². The summed E-state index contributed by atoms with van der Waals surface area (Å²) in [5, 5.41) is 0. The highest BCUT2D eigenvalue weighted by molar-refractivity contribution is 5.93. The van der Waals surface area contributed by atoms with Crippen molar-refractivity contribution >= 4 is 5.91 Å². The van der Waals surface area contributed by atoms with E-state index in [1.807, 2.05) is 6.92 Å². The molecule has 1 aromatic rings. The van der Waals surface area contributed by atoms with Crippen LogP contribution in [-0.4, -0.2) is 35.4 Å². The number of carbonyl (C=O) groups is 1. The molecule has 16 heavy (non-hydrogen) atoms. The fourth-order valence-corrected chi connectivity index (χ4v) is 1.26. The number of hydrogen-bond acceptors (Lipinski definition) is 3. The Kier molecular flexibility index (Phi) is 4.25. The van der Waals surface area contributed by atoms with E-state index in [9.17, 15) is 9.59 Å². The van der Waals surface area contributed by atoms with Gasteiger partial charge in [0.25, 0.3) is 5.91 Å². The van der Waals surface area contributed by atoms with Gasteiger partial charge in [0.15, 0.2) is 0 Å². The van der Waals surface area contributed by atoms with E-state index in [2.05, 4.69) is 4.98 Å². The molecule has 5 nitrogen and oxygen atoms in total. The van der Waals surface area contributed by atoms with E-state index in [0.717, 1.165) is 6.42 Å². The minimum absolute atomic E-state index is 0.0748. The lowest BCUT2D eigenvalue weighted by Gasteiger charge is -2.18. The molecule has 0 bridgehead atoms. The zero-order chi connectivity index (χ0) is 12.1. The number of nitrogens with two attached hydrogens (primary N) is 1. The first-order chi connectivity index (χ1) is 7.50. The van der Waals surface area contributed by atoms with Crippen molar-refractivity contribution < 1.29 is 4.79 Å². The third kappa shape index (κ3) is 3.51. The highest BCUT2D eigenvalue weighted by atomic mass is 16.2. The molecular weight excluding hydrogens is 206 g/mol. The first-order valence-corrected chi connectivity index (χ1v) is 5.20. The van der Waals surface area contributed by atoms with E-state index in [0.29, 0.717) is 12.1 Å². The molecule has 3 N–H and O–H groups in total. The summed E-state index contributed by atoms with van der Waals surface area (Å²) in [4.78, 5) is 26.7. The van der Waals surface area contributed by atoms with Crippen LogP contribution in [0.5, 0.6) is 0 Å². The maximum absolute atomic E-state index is 11.8. The fourth-order valence-electron chi connectivity index (χ4n) is 1.26. The maximum atomic E-state index is 11.8. The first-order valence-electron chi connectivity index (χ1n) is 5.20. The predicted octanol–water partition coefficient (Wildman–Crippen LogP) is 0.184. The molecule has 1 rings (SSSR count). The number of aromatic amines is 1. The number of rotatable bonds is 4. The van der Waals surface area contributed by atoms with Crippen LogP contribution in [0.3, 0.4) is 0 Å². The number of nitrogens with zero attached hydrogens (tertiary/aromatic N) is 1. The van der Waals surface area contributed by atoms with Crippen LogP contribution in [0.25, 0.3) is 0 Å². The minimum Gasteiger partial charge on any atom is -0.342 e. The van der Waals surface area contributed by atoms with E-state index in [4.69, 9.17) is 5.73 Å². The fraction of sp³-hybridized carbons (Fsp3) is 0.455. The van der Waals surface area contributed by atoms with Gasteiger partial charge in [-0.05, 0) is 19.4 Å². The molecule has 0 fully saturated rings. The van der Waals surface area contributed by atoms with Crippen LogP contribution in [0.15, 0.2) is 23.1 Å². The summed E-state index contributed by atoms with van der Waals surface area (Å²) in [5.74, 6) is -0.114. The number of carbonyl (C=O) groups excluding carboxylic acids is 1. The van der Waals surface area contributed by atoms with Gasteiger partial charge in [0, 0.05) is 31.9 Å². The van der Waals surface area contributed by atoms with Crippen LogP contribution >= 0.6 is 0 Å². The standard InChI is InChI=1S/C11H17N3O2/c1-8(12)5-6-14(2)11(16)9-3-4-10(15)13-7-9/h3-4,7-8H,5-6,12H2,1-2H3,(H,13,15). The largest absolute Gasteiger partial charge is 0.342 e. The molecule has 1 aromatic heterocycles. The Bertz CT molecular complexity index is 391. The van der Waals surface area contributed by atoms with Crippen LogP contribution in [0.2, 0.25) is 0 Å². The van der Waals surface area contributed by atoms with Crippen molar-refractivity contribution in [1.82, 2.24) is 9.88 Å². The molecule has 1 amide bonds. The van der Waals surface area contributed by atoms with E-state index >= 15 is 0 Å². The maximum Gasteiger partial charge on any atom is 0.255 e. The molecule has 1 atom stereocenters. The molecule has 0 aliphatic rings. The SMILES string of the molecule is CC(N)CCN(C)C(=O)c1ccc(=O)[nH]c1. The summed E-state index contributed by atoms with van der Waals surface area (Å²) < 4.78 is 0. The van der Waals surface area contributed by atoms with Crippen LogP contribution in [0.4, 0.5) is 0 Å². The van der Waals surface area contributed by atoms with Crippen molar-refractivity contribution in [2.45, 2.75) is 19.4 Å². The molecule has 1 unspecified atom stereocenters. The molecule has 0 saturated heterocycles. The van der Waals surface area contributed by atoms with E-state index in [1.165, 1.54) is 18.3 Å². The number of pyridine rings is 1. The molecule has 0 aliphatic carbocycles. The average molecular weight is 223 g/mol. The molecule has 0 radical (unpaired) electrons. The Morgan fingerprint density at radius 1 is 1.56 bits per heavy atom. The zero-order valence-corrected chi connectivity index (χ0v) is 9.56. The van der Waals surface area contributed by atoms with Gasteiger partial charge in [-0.25, -0.2) is 0 Å². The normalized spacial score (nSPS) is 12.2. The Balaban J connectivity index is 2.63. The molecule has 1 heterocycles. The Morgan fingerprint density at radius 2 is 2.25 bits per heavy atom. The topological polar surface area (TPSA) is 79.2 Å². The van der Waals surface area contributed by atoms with Gasteiger partial charge in [0.1, 0.15) is 0 Å². The van der Waals surface area contributed by atoms with E-state index in [-0.39, 0.29) is 17.5 Å². The lowest BCUT2D eigenvalue weighted by molar-refractivity contribution is 0.0791. The molecular formula is C11H17N3O2. The first kappa shape index (κ1) is 12.4. The average Bonchev–Trinajstić information content (AvgIpc) is 2.26. The highest BCUT2D eigenvalue weighted by Gasteiger charge is 2.11. The van der Waals surface area contributed by atoms with Gasteiger partial charge in [0.2, 0.25) is 5.56 Å². The molecule has 5 heteroatoms. The lowest BCUT2D eigenvalue weighted by Crippen LogP contribution is -2.31. The smallest absolute Gasteiger partial charge is 0.255 e. The minimum atomic E-state index is -0.213. The van der Waals surface area contributed by atoms with Gasteiger partial charge >= 0.3 is 0 Å². The Labute approximate surface area is 94.3 Å². The summed E-state index contributed by atoms with van der Waals surface area (Å²) in [7, 11) is 1.72. The molecule has 0 aromatic carbocycles. The quantitative estimate of drug-likeness (QED) is 0.764. The van der Waals surface area contributed by atoms with Crippen LogP contribution in [0, 0.1) is 0 Å². The zero-order valence-electron chi connectivity index (χ0n) is 9.56. The van der Waals surface area contributed by atoms with E-state index < -0.39 is 0 Å². The van der Waals surface area contributed by atoms with Crippen molar-refractivity contribution in [3.8, 4) is 0 Å². The monoisotopic (exact) mass is 223 g/mol. The lowest BCUT2D eigenvalue weighted by atomic mass is 10.2. The van der Waals surface area contributed by atoms with Gasteiger partial charge in [-0.2, -0.15) is 0 Å². The van der Waals surface area contributed by atoms with Crippen LogP contribution in [0.1, 0.15) is 23.7 Å². The second-order valence-corrected chi connectivity index (χ2v) is 3.93. The highest BCUT2D eigenvalue weighted by Crippen LogP contribution is 2.01. The second kappa shape index (κ2) is 5.46. The van der Waals surface area contributed by atoms with Gasteiger partial charge in [0.05, 0.1) is 5.56 Å². The molecule has 0 aliphatic heterocycles. The summed E-state index contributed by atoms with van der Waals surface area (Å²) in [6.45, 7) is 2.51. The van der Waals surface area contributed by atoms with Crippen molar-refractivity contribution in [1.29, 1.82) is 0 Å². The van der Waals surface area contributed by atoms with Crippen molar-refractivity contribution in [2.75, 3.05) is 13.6 Å². The predicted molar refractivity (Wildman–Crippen MR) is 62.3 cm³/mol. The summed E-state index contributed by atoms with van der Waals surface area (Å²) in [6.07, 6.45) is 2.18. The van der Waals surface area contributed by atoms with Crippen molar-refractivity contribution in [2.24, 2.45) is 5.73 Å². The van der Waals surface area contributed by atoms with Gasteiger partial charge < -0.3 is 15.6 Å². The number of hydrogen-bond donors (Lipinski definition) is 2. The van der Waals surface area contributed by atoms with Crippen molar-refractivity contribution in [3.63, 3.8) is 0 Å². The third-order valence-corrected chi connectivity index (χ3v) is 2.30. The third-order valence-electron chi connectivity index (χ3n) is 2.30. The number of nitrogens with one attached hydrogen (secondary N) is 1. The number of aromatic nitrogens is 1.